The fraction of sp³-hybridized carbons (Fsp3) is 0.176. The number of aromatic nitrogens is 1. The van der Waals surface area contributed by atoms with Crippen LogP contribution in [0.3, 0.4) is 0 Å². The van der Waals surface area contributed by atoms with Gasteiger partial charge in [0.25, 0.3) is 5.91 Å². The fourth-order valence-corrected chi connectivity index (χ4v) is 3.93. The number of anilines is 1. The maximum Gasteiger partial charge on any atom is 0.274 e. The minimum atomic E-state index is -0.469. The number of aryl methyl sites for hydroxylation is 1. The van der Waals surface area contributed by atoms with Crippen molar-refractivity contribution in [2.75, 3.05) is 4.90 Å². The van der Waals surface area contributed by atoms with Crippen LogP contribution in [-0.4, -0.2) is 16.1 Å². The number of rotatable bonds is 2. The zero-order valence-corrected chi connectivity index (χ0v) is 13.4. The third-order valence-corrected chi connectivity index (χ3v) is 5.23. The molecule has 1 aromatic heterocycles. The number of thiazole rings is 1. The van der Waals surface area contributed by atoms with Gasteiger partial charge >= 0.3 is 0 Å². The second kappa shape index (κ2) is 5.33. The third kappa shape index (κ3) is 2.36. The van der Waals surface area contributed by atoms with Crippen molar-refractivity contribution in [3.63, 3.8) is 0 Å². The first kappa shape index (κ1) is 14.2. The van der Waals surface area contributed by atoms with E-state index in [1.807, 2.05) is 12.1 Å². The Labute approximate surface area is 137 Å². The highest BCUT2D eigenvalue weighted by Crippen LogP contribution is 2.35. The van der Waals surface area contributed by atoms with Crippen molar-refractivity contribution < 1.29 is 10.0 Å². The number of benzene rings is 2. The van der Waals surface area contributed by atoms with Gasteiger partial charge in [0.1, 0.15) is 0 Å². The maximum atomic E-state index is 11.8. The molecule has 1 aliphatic heterocycles. The van der Waals surface area contributed by atoms with Crippen LogP contribution in [0.25, 0.3) is 10.2 Å². The lowest BCUT2D eigenvalue weighted by molar-refractivity contribution is 0.0705. The fourth-order valence-electron chi connectivity index (χ4n) is 2.99. The van der Waals surface area contributed by atoms with Crippen molar-refractivity contribution in [1.29, 1.82) is 0 Å². The van der Waals surface area contributed by atoms with Crippen LogP contribution in [0.4, 0.5) is 5.13 Å². The van der Waals surface area contributed by atoms with Crippen LogP contribution in [-0.2, 0) is 13.1 Å². The van der Waals surface area contributed by atoms with Crippen LogP contribution in [0.5, 0.6) is 0 Å². The van der Waals surface area contributed by atoms with Crippen LogP contribution in [0.1, 0.15) is 27.0 Å². The Kier molecular flexibility index (Phi) is 3.28. The average Bonchev–Trinajstić information content (AvgIpc) is 3.16. The SMILES string of the molecule is Cc1ccc2sc(N3Cc4cccc(C(=O)NO)c4C3)nc2c1. The van der Waals surface area contributed by atoms with Crippen LogP contribution in [0.15, 0.2) is 36.4 Å². The Morgan fingerprint density at radius 2 is 2.17 bits per heavy atom. The van der Waals surface area contributed by atoms with E-state index in [2.05, 4.69) is 30.0 Å². The molecule has 6 heteroatoms. The summed E-state index contributed by atoms with van der Waals surface area (Å²) in [4.78, 5) is 18.7. The Balaban J connectivity index is 1.70. The van der Waals surface area contributed by atoms with Gasteiger partial charge in [-0.1, -0.05) is 29.5 Å². The second-order valence-corrected chi connectivity index (χ2v) is 6.72. The summed E-state index contributed by atoms with van der Waals surface area (Å²) in [5, 5.41) is 9.86. The molecule has 1 amide bonds. The number of hydrogen-bond acceptors (Lipinski definition) is 5. The topological polar surface area (TPSA) is 65.5 Å². The molecule has 116 valence electrons. The van der Waals surface area contributed by atoms with Crippen molar-refractivity contribution in [2.24, 2.45) is 0 Å². The van der Waals surface area contributed by atoms with Crippen molar-refractivity contribution in [3.05, 3.63) is 58.7 Å². The molecule has 1 aliphatic rings. The molecule has 2 aromatic carbocycles. The lowest BCUT2D eigenvalue weighted by atomic mass is 10.0. The summed E-state index contributed by atoms with van der Waals surface area (Å²) in [5.74, 6) is -0.469. The van der Waals surface area contributed by atoms with Gasteiger partial charge in [-0.15, -0.1) is 0 Å². The number of amides is 1. The predicted octanol–water partition coefficient (Wildman–Crippen LogP) is 3.24. The molecule has 0 radical (unpaired) electrons. The molecule has 0 spiro atoms. The maximum absolute atomic E-state index is 11.8. The van der Waals surface area contributed by atoms with Crippen LogP contribution in [0.2, 0.25) is 0 Å². The summed E-state index contributed by atoms with van der Waals surface area (Å²) < 4.78 is 1.16. The number of carbonyl (C=O) groups excluding carboxylic acids is 1. The molecular formula is C17H15N3O2S. The largest absolute Gasteiger partial charge is 0.339 e. The van der Waals surface area contributed by atoms with Gasteiger partial charge in [-0.2, -0.15) is 0 Å². The number of nitrogens with zero attached hydrogens (tertiary/aromatic N) is 2. The van der Waals surface area contributed by atoms with E-state index >= 15 is 0 Å². The zero-order valence-electron chi connectivity index (χ0n) is 12.5. The highest BCUT2D eigenvalue weighted by molar-refractivity contribution is 7.22. The van der Waals surface area contributed by atoms with Gasteiger partial charge in [-0.05, 0) is 41.8 Å². The molecule has 2 heterocycles. The van der Waals surface area contributed by atoms with E-state index in [-0.39, 0.29) is 0 Å². The molecule has 0 saturated carbocycles. The Morgan fingerprint density at radius 3 is 3.00 bits per heavy atom. The van der Waals surface area contributed by atoms with E-state index in [1.165, 1.54) is 5.56 Å². The number of nitrogens with one attached hydrogen (secondary N) is 1. The first-order valence-electron chi connectivity index (χ1n) is 7.33. The highest BCUT2D eigenvalue weighted by Gasteiger charge is 2.26. The van der Waals surface area contributed by atoms with Crippen molar-refractivity contribution in [1.82, 2.24) is 10.5 Å². The van der Waals surface area contributed by atoms with E-state index in [4.69, 9.17) is 10.2 Å². The van der Waals surface area contributed by atoms with Gasteiger partial charge in [-0.25, -0.2) is 10.5 Å². The normalized spacial score (nSPS) is 13.4. The minimum absolute atomic E-state index is 0.469. The number of fused-ring (bicyclic) bond motifs is 2. The Bertz CT molecular complexity index is 919. The van der Waals surface area contributed by atoms with Crippen molar-refractivity contribution >= 4 is 32.6 Å². The summed E-state index contributed by atoms with van der Waals surface area (Å²) in [6, 6.07) is 11.9. The molecule has 5 nitrogen and oxygen atoms in total. The van der Waals surface area contributed by atoms with Gasteiger partial charge < -0.3 is 4.90 Å². The minimum Gasteiger partial charge on any atom is -0.339 e. The molecule has 23 heavy (non-hydrogen) atoms. The molecule has 0 unspecified atom stereocenters. The summed E-state index contributed by atoms with van der Waals surface area (Å²) in [7, 11) is 0. The van der Waals surface area contributed by atoms with E-state index in [0.717, 1.165) is 33.0 Å². The van der Waals surface area contributed by atoms with Crippen LogP contribution >= 0.6 is 11.3 Å². The zero-order chi connectivity index (χ0) is 16.0. The summed E-state index contributed by atoms with van der Waals surface area (Å²) >= 11 is 1.66. The first-order chi connectivity index (χ1) is 11.2. The van der Waals surface area contributed by atoms with E-state index in [9.17, 15) is 4.79 Å². The molecule has 4 rings (SSSR count). The third-order valence-electron chi connectivity index (χ3n) is 4.13. The van der Waals surface area contributed by atoms with Crippen molar-refractivity contribution in [3.8, 4) is 0 Å². The lowest BCUT2D eigenvalue weighted by Crippen LogP contribution is -2.21. The summed E-state index contributed by atoms with van der Waals surface area (Å²) in [6.07, 6.45) is 0. The van der Waals surface area contributed by atoms with Crippen LogP contribution < -0.4 is 10.4 Å². The number of hydrogen-bond donors (Lipinski definition) is 2. The molecule has 0 bridgehead atoms. The van der Waals surface area contributed by atoms with Gasteiger partial charge in [0, 0.05) is 18.7 Å². The Hall–Kier alpha value is -2.44. The van der Waals surface area contributed by atoms with Gasteiger partial charge in [0.05, 0.1) is 10.2 Å². The molecular weight excluding hydrogens is 310 g/mol. The smallest absolute Gasteiger partial charge is 0.274 e. The summed E-state index contributed by atoms with van der Waals surface area (Å²) in [5.41, 5.74) is 6.50. The second-order valence-electron chi connectivity index (χ2n) is 5.71. The van der Waals surface area contributed by atoms with Gasteiger partial charge in [-0.3, -0.25) is 10.0 Å². The van der Waals surface area contributed by atoms with Crippen molar-refractivity contribution in [2.45, 2.75) is 20.0 Å². The number of carbonyl (C=O) groups is 1. The average molecular weight is 325 g/mol. The van der Waals surface area contributed by atoms with Crippen LogP contribution in [0, 0.1) is 6.92 Å². The molecule has 0 fully saturated rings. The lowest BCUT2D eigenvalue weighted by Gasteiger charge is -2.13. The molecule has 2 N–H and O–H groups in total. The first-order valence-corrected chi connectivity index (χ1v) is 8.14. The molecule has 0 saturated heterocycles. The van der Waals surface area contributed by atoms with E-state index in [1.54, 1.807) is 22.9 Å². The summed E-state index contributed by atoms with van der Waals surface area (Å²) in [6.45, 7) is 3.41. The monoisotopic (exact) mass is 325 g/mol. The highest BCUT2D eigenvalue weighted by atomic mass is 32.1. The van der Waals surface area contributed by atoms with E-state index in [0.29, 0.717) is 12.1 Å². The van der Waals surface area contributed by atoms with Gasteiger partial charge in [0.15, 0.2) is 5.13 Å². The number of hydroxylamine groups is 1. The standard InChI is InChI=1S/C17H15N3O2S/c1-10-5-6-15-14(7-10)18-17(23-15)20-8-11-3-2-4-12(13(11)9-20)16(21)19-22/h2-7,22H,8-9H2,1H3,(H,19,21). The molecule has 0 aliphatic carbocycles. The predicted molar refractivity (Wildman–Crippen MR) is 89.9 cm³/mol. The molecule has 0 atom stereocenters. The van der Waals surface area contributed by atoms with E-state index < -0.39 is 5.91 Å². The molecule has 3 aromatic rings. The Morgan fingerprint density at radius 1 is 1.30 bits per heavy atom. The van der Waals surface area contributed by atoms with Gasteiger partial charge in [0.2, 0.25) is 0 Å². The quantitative estimate of drug-likeness (QED) is 0.561.